The number of carbonyl (C=O) groups is 2. The highest BCUT2D eigenvalue weighted by atomic mass is 35.5. The molecule has 1 atom stereocenters. The number of nitrogens with zero attached hydrogens (tertiary/aromatic N) is 1. The molecule has 1 heterocycles. The molecule has 0 spiro atoms. The Balaban J connectivity index is 1.67. The number of nitrogens with one attached hydrogen (secondary N) is 1. The third-order valence-electron chi connectivity index (χ3n) is 4.13. The number of hydrogen-bond acceptors (Lipinski definition) is 2. The summed E-state index contributed by atoms with van der Waals surface area (Å²) in [7, 11) is 0. The van der Waals surface area contributed by atoms with Gasteiger partial charge in [0, 0.05) is 24.5 Å². The lowest BCUT2D eigenvalue weighted by Gasteiger charge is -2.18. The van der Waals surface area contributed by atoms with Crippen molar-refractivity contribution in [2.75, 3.05) is 11.4 Å². The van der Waals surface area contributed by atoms with E-state index in [1.807, 2.05) is 18.2 Å². The van der Waals surface area contributed by atoms with Crippen LogP contribution < -0.4 is 10.2 Å². The smallest absolute Gasteiger partial charge is 0.227 e. The highest BCUT2D eigenvalue weighted by Crippen LogP contribution is 2.35. The van der Waals surface area contributed by atoms with Gasteiger partial charge in [-0.05, 0) is 23.8 Å². The van der Waals surface area contributed by atoms with Crippen LogP contribution in [0.25, 0.3) is 0 Å². The lowest BCUT2D eigenvalue weighted by atomic mass is 10.1. The Morgan fingerprint density at radius 2 is 1.80 bits per heavy atom. The molecule has 4 nitrogen and oxygen atoms in total. The molecule has 1 fully saturated rings. The highest BCUT2D eigenvalue weighted by Gasteiger charge is 2.36. The number of anilines is 1. The molecule has 7 heteroatoms. The first-order chi connectivity index (χ1) is 12.0. The van der Waals surface area contributed by atoms with Crippen molar-refractivity contribution in [3.05, 3.63) is 63.1 Å². The van der Waals surface area contributed by atoms with Crippen molar-refractivity contribution in [3.8, 4) is 0 Å². The summed E-state index contributed by atoms with van der Waals surface area (Å²) in [6.45, 7) is 0.592. The quantitative estimate of drug-likeness (QED) is 0.835. The summed E-state index contributed by atoms with van der Waals surface area (Å²) in [4.78, 5) is 26.2. The van der Waals surface area contributed by atoms with Crippen molar-refractivity contribution in [2.45, 2.75) is 13.0 Å². The minimum absolute atomic E-state index is 0.136. The van der Waals surface area contributed by atoms with Crippen molar-refractivity contribution in [1.29, 1.82) is 0 Å². The van der Waals surface area contributed by atoms with Gasteiger partial charge in [-0.2, -0.15) is 0 Å². The second-order valence-corrected chi connectivity index (χ2v) is 6.98. The molecule has 0 aliphatic carbocycles. The summed E-state index contributed by atoms with van der Waals surface area (Å²) in [6, 6.07) is 12.4. The van der Waals surface area contributed by atoms with Crippen molar-refractivity contribution >= 4 is 52.3 Å². The lowest BCUT2D eigenvalue weighted by Crippen LogP contribution is -2.32. The van der Waals surface area contributed by atoms with Gasteiger partial charge in [-0.3, -0.25) is 9.59 Å². The van der Waals surface area contributed by atoms with Gasteiger partial charge in [-0.25, -0.2) is 0 Å². The molecular weight excluding hydrogens is 383 g/mol. The Labute approximate surface area is 160 Å². The van der Waals surface area contributed by atoms with E-state index in [0.29, 0.717) is 27.3 Å². The molecule has 1 saturated heterocycles. The van der Waals surface area contributed by atoms with Crippen LogP contribution in [0, 0.1) is 5.92 Å². The first kappa shape index (κ1) is 18.1. The summed E-state index contributed by atoms with van der Waals surface area (Å²) < 4.78 is 0. The second kappa shape index (κ2) is 7.65. The molecule has 130 valence electrons. The van der Waals surface area contributed by atoms with Crippen LogP contribution >= 0.6 is 34.8 Å². The maximum absolute atomic E-state index is 12.4. The van der Waals surface area contributed by atoms with Gasteiger partial charge >= 0.3 is 0 Å². The molecule has 1 aliphatic rings. The molecule has 0 bridgehead atoms. The van der Waals surface area contributed by atoms with E-state index in [2.05, 4.69) is 5.32 Å². The van der Waals surface area contributed by atoms with Gasteiger partial charge in [0.2, 0.25) is 11.8 Å². The van der Waals surface area contributed by atoms with Gasteiger partial charge in [-0.1, -0.05) is 59.1 Å². The van der Waals surface area contributed by atoms with Crippen LogP contribution in [-0.2, 0) is 16.1 Å². The highest BCUT2D eigenvalue weighted by molar-refractivity contribution is 6.44. The Morgan fingerprint density at radius 3 is 2.56 bits per heavy atom. The Morgan fingerprint density at radius 1 is 1.08 bits per heavy atom. The third-order valence-corrected chi connectivity index (χ3v) is 5.31. The SMILES string of the molecule is O=C(NCc1ccccc1Cl)[C@@H]1CC(=O)N(c2cccc(Cl)c2Cl)C1. The summed E-state index contributed by atoms with van der Waals surface area (Å²) in [5.74, 6) is -0.777. The number of benzene rings is 2. The van der Waals surface area contributed by atoms with E-state index >= 15 is 0 Å². The number of rotatable bonds is 4. The summed E-state index contributed by atoms with van der Waals surface area (Å²) in [5, 5.41) is 4.12. The zero-order valence-electron chi connectivity index (χ0n) is 13.1. The van der Waals surface area contributed by atoms with E-state index < -0.39 is 5.92 Å². The fourth-order valence-electron chi connectivity index (χ4n) is 2.79. The first-order valence-corrected chi connectivity index (χ1v) is 8.86. The van der Waals surface area contributed by atoms with E-state index in [0.717, 1.165) is 5.56 Å². The topological polar surface area (TPSA) is 49.4 Å². The van der Waals surface area contributed by atoms with Crippen molar-refractivity contribution in [1.82, 2.24) is 5.32 Å². The third kappa shape index (κ3) is 3.92. The largest absolute Gasteiger partial charge is 0.352 e. The van der Waals surface area contributed by atoms with Crippen LogP contribution in [0.15, 0.2) is 42.5 Å². The van der Waals surface area contributed by atoms with Gasteiger partial charge in [0.25, 0.3) is 0 Å². The molecule has 25 heavy (non-hydrogen) atoms. The molecule has 3 rings (SSSR count). The standard InChI is InChI=1S/C18H15Cl3N2O2/c19-13-5-2-1-4-11(13)9-22-18(25)12-8-16(24)23(10-12)15-7-3-6-14(20)17(15)21/h1-7,12H,8-10H2,(H,22,25)/t12-/m1/s1. The number of amides is 2. The average Bonchev–Trinajstić information content (AvgIpc) is 2.98. The normalized spacial score (nSPS) is 17.0. The molecule has 0 unspecified atom stereocenters. The average molecular weight is 398 g/mol. The van der Waals surface area contributed by atoms with Crippen molar-refractivity contribution < 1.29 is 9.59 Å². The molecule has 2 amide bonds. The molecule has 0 saturated carbocycles. The summed E-state index contributed by atoms with van der Waals surface area (Å²) in [5.41, 5.74) is 1.36. The Kier molecular flexibility index (Phi) is 5.52. The lowest BCUT2D eigenvalue weighted by molar-refractivity contribution is -0.126. The molecular formula is C18H15Cl3N2O2. The van der Waals surface area contributed by atoms with Gasteiger partial charge in [0.15, 0.2) is 0 Å². The molecule has 0 radical (unpaired) electrons. The van der Waals surface area contributed by atoms with Crippen LogP contribution in [0.5, 0.6) is 0 Å². The molecule has 2 aromatic carbocycles. The Hall–Kier alpha value is -1.75. The maximum atomic E-state index is 12.4. The van der Waals surface area contributed by atoms with Gasteiger partial charge in [-0.15, -0.1) is 0 Å². The predicted octanol–water partition coefficient (Wildman–Crippen LogP) is 4.32. The van der Waals surface area contributed by atoms with E-state index in [1.165, 1.54) is 4.90 Å². The number of halogens is 3. The van der Waals surface area contributed by atoms with Crippen LogP contribution in [0.4, 0.5) is 5.69 Å². The van der Waals surface area contributed by atoms with E-state index in [-0.39, 0.29) is 24.8 Å². The zero-order chi connectivity index (χ0) is 18.0. The number of hydrogen-bond donors (Lipinski definition) is 1. The minimum Gasteiger partial charge on any atom is -0.352 e. The van der Waals surface area contributed by atoms with E-state index in [9.17, 15) is 9.59 Å². The molecule has 2 aromatic rings. The monoisotopic (exact) mass is 396 g/mol. The minimum atomic E-state index is -0.440. The van der Waals surface area contributed by atoms with Crippen LogP contribution in [0.3, 0.4) is 0 Å². The van der Waals surface area contributed by atoms with E-state index in [4.69, 9.17) is 34.8 Å². The first-order valence-electron chi connectivity index (χ1n) is 7.73. The predicted molar refractivity (Wildman–Crippen MR) is 100 cm³/mol. The van der Waals surface area contributed by atoms with Crippen molar-refractivity contribution in [3.63, 3.8) is 0 Å². The number of carbonyl (C=O) groups excluding carboxylic acids is 2. The summed E-state index contributed by atoms with van der Waals surface area (Å²) in [6.07, 6.45) is 0.136. The summed E-state index contributed by atoms with van der Waals surface area (Å²) >= 11 is 18.3. The van der Waals surface area contributed by atoms with Gasteiger partial charge in [0.1, 0.15) is 0 Å². The van der Waals surface area contributed by atoms with Gasteiger partial charge < -0.3 is 10.2 Å². The van der Waals surface area contributed by atoms with Gasteiger partial charge in [0.05, 0.1) is 21.7 Å². The van der Waals surface area contributed by atoms with Crippen LogP contribution in [-0.4, -0.2) is 18.4 Å². The van der Waals surface area contributed by atoms with Crippen molar-refractivity contribution in [2.24, 2.45) is 5.92 Å². The van der Waals surface area contributed by atoms with E-state index in [1.54, 1.807) is 24.3 Å². The Bertz CT molecular complexity index is 826. The fraction of sp³-hybridized carbons (Fsp3) is 0.222. The fourth-order valence-corrected chi connectivity index (χ4v) is 3.39. The molecule has 1 N–H and O–H groups in total. The molecule has 0 aromatic heterocycles. The second-order valence-electron chi connectivity index (χ2n) is 5.79. The maximum Gasteiger partial charge on any atom is 0.227 e. The van der Waals surface area contributed by atoms with Crippen LogP contribution in [0.2, 0.25) is 15.1 Å². The zero-order valence-corrected chi connectivity index (χ0v) is 15.4. The van der Waals surface area contributed by atoms with Crippen LogP contribution in [0.1, 0.15) is 12.0 Å². The molecule has 1 aliphatic heterocycles.